The van der Waals surface area contributed by atoms with Crippen LogP contribution in [0, 0.1) is 6.92 Å². The molecule has 2 aromatic carbocycles. The lowest BCUT2D eigenvalue weighted by Crippen LogP contribution is -2.31. The Hall–Kier alpha value is -3.55. The van der Waals surface area contributed by atoms with Gasteiger partial charge in [0.15, 0.2) is 23.9 Å². The van der Waals surface area contributed by atoms with E-state index >= 15 is 0 Å². The minimum absolute atomic E-state index is 0.211. The fourth-order valence-corrected chi connectivity index (χ4v) is 2.49. The molecular formula is C21H23NO7. The van der Waals surface area contributed by atoms with Crippen molar-refractivity contribution in [1.29, 1.82) is 0 Å². The van der Waals surface area contributed by atoms with Gasteiger partial charge in [0, 0.05) is 11.1 Å². The average Bonchev–Trinajstić information content (AvgIpc) is 2.74. The lowest BCUT2D eigenvalue weighted by Gasteiger charge is -2.14. The van der Waals surface area contributed by atoms with E-state index in [0.29, 0.717) is 22.8 Å². The van der Waals surface area contributed by atoms with Gasteiger partial charge in [-0.1, -0.05) is 29.8 Å². The number of methoxy groups -OCH3 is 3. The minimum atomic E-state index is -0.730. The van der Waals surface area contributed by atoms with Crippen molar-refractivity contribution in [3.05, 3.63) is 53.1 Å². The molecule has 8 heteroatoms. The Morgan fingerprint density at radius 3 is 1.97 bits per heavy atom. The molecule has 0 saturated heterocycles. The van der Waals surface area contributed by atoms with E-state index in [9.17, 15) is 14.4 Å². The molecule has 0 atom stereocenters. The highest BCUT2D eigenvalue weighted by atomic mass is 16.5. The predicted octanol–water partition coefficient (Wildman–Crippen LogP) is 2.18. The third-order valence-electron chi connectivity index (χ3n) is 4.06. The van der Waals surface area contributed by atoms with Crippen molar-refractivity contribution >= 4 is 17.7 Å². The summed E-state index contributed by atoms with van der Waals surface area (Å²) in [6, 6.07) is 9.85. The predicted molar refractivity (Wildman–Crippen MR) is 105 cm³/mol. The lowest BCUT2D eigenvalue weighted by atomic mass is 10.1. The van der Waals surface area contributed by atoms with E-state index in [1.54, 1.807) is 24.3 Å². The third kappa shape index (κ3) is 5.71. The van der Waals surface area contributed by atoms with Crippen molar-refractivity contribution in [3.63, 3.8) is 0 Å². The number of Topliss-reactive ketones (excluding diaryl/α,β-unsaturated/α-hetero) is 1. The van der Waals surface area contributed by atoms with Crippen LogP contribution in [0.25, 0.3) is 0 Å². The summed E-state index contributed by atoms with van der Waals surface area (Å²) < 4.78 is 20.5. The van der Waals surface area contributed by atoms with Crippen LogP contribution in [0.4, 0.5) is 0 Å². The molecule has 2 rings (SSSR count). The first-order chi connectivity index (χ1) is 13.9. The van der Waals surface area contributed by atoms with Crippen molar-refractivity contribution in [3.8, 4) is 17.2 Å². The van der Waals surface area contributed by atoms with E-state index in [0.717, 1.165) is 5.56 Å². The van der Waals surface area contributed by atoms with Crippen LogP contribution in [0.15, 0.2) is 36.4 Å². The van der Waals surface area contributed by atoms with Crippen molar-refractivity contribution in [2.45, 2.75) is 6.92 Å². The molecule has 8 nitrogen and oxygen atoms in total. The first-order valence-corrected chi connectivity index (χ1v) is 8.73. The maximum absolute atomic E-state index is 12.3. The van der Waals surface area contributed by atoms with Gasteiger partial charge < -0.3 is 24.3 Å². The smallest absolute Gasteiger partial charge is 0.325 e. The van der Waals surface area contributed by atoms with Gasteiger partial charge in [0.2, 0.25) is 5.75 Å². The molecule has 0 aromatic heterocycles. The van der Waals surface area contributed by atoms with Crippen LogP contribution in [0.2, 0.25) is 0 Å². The maximum atomic E-state index is 12.3. The van der Waals surface area contributed by atoms with Crippen molar-refractivity contribution < 1.29 is 33.3 Å². The monoisotopic (exact) mass is 401 g/mol. The van der Waals surface area contributed by atoms with Gasteiger partial charge in [-0.25, -0.2) is 0 Å². The number of carbonyl (C=O) groups is 3. The summed E-state index contributed by atoms with van der Waals surface area (Å²) in [6.07, 6.45) is 0. The summed E-state index contributed by atoms with van der Waals surface area (Å²) in [6.45, 7) is 1.11. The molecule has 0 aliphatic carbocycles. The highest BCUT2D eigenvalue weighted by molar-refractivity contribution is 5.99. The Morgan fingerprint density at radius 1 is 0.862 bits per heavy atom. The number of carbonyl (C=O) groups excluding carboxylic acids is 3. The van der Waals surface area contributed by atoms with Gasteiger partial charge in [-0.2, -0.15) is 0 Å². The molecule has 0 aliphatic rings. The van der Waals surface area contributed by atoms with E-state index in [1.807, 2.05) is 6.92 Å². The van der Waals surface area contributed by atoms with Gasteiger partial charge in [0.1, 0.15) is 6.54 Å². The molecule has 1 amide bonds. The standard InChI is InChI=1S/C21H23NO7/c1-13-5-7-14(8-6-13)16(23)12-29-19(24)11-22-21(25)15-9-17(26-2)20(28-4)18(10-15)27-3/h5-10H,11-12H2,1-4H3,(H,22,25). The number of esters is 1. The molecule has 0 aliphatic heterocycles. The zero-order valence-electron chi connectivity index (χ0n) is 16.7. The Morgan fingerprint density at radius 2 is 1.45 bits per heavy atom. The Kier molecular flexibility index (Phi) is 7.59. The molecule has 0 radical (unpaired) electrons. The number of aryl methyl sites for hydroxylation is 1. The van der Waals surface area contributed by atoms with Crippen molar-refractivity contribution in [1.82, 2.24) is 5.32 Å². The molecule has 2 aromatic rings. The Balaban J connectivity index is 1.92. The normalized spacial score (nSPS) is 10.1. The quantitative estimate of drug-likeness (QED) is 0.508. The number of amides is 1. The fraction of sp³-hybridized carbons (Fsp3) is 0.286. The first-order valence-electron chi connectivity index (χ1n) is 8.73. The van der Waals surface area contributed by atoms with Gasteiger partial charge in [0.05, 0.1) is 21.3 Å². The molecule has 0 bridgehead atoms. The van der Waals surface area contributed by atoms with Crippen LogP contribution in [0.3, 0.4) is 0 Å². The largest absolute Gasteiger partial charge is 0.493 e. The molecule has 0 saturated carbocycles. The second-order valence-electron chi connectivity index (χ2n) is 6.05. The van der Waals surface area contributed by atoms with Gasteiger partial charge in [-0.15, -0.1) is 0 Å². The van der Waals surface area contributed by atoms with E-state index < -0.39 is 25.0 Å². The average molecular weight is 401 g/mol. The highest BCUT2D eigenvalue weighted by Gasteiger charge is 2.18. The molecule has 0 unspecified atom stereocenters. The van der Waals surface area contributed by atoms with Crippen molar-refractivity contribution in [2.24, 2.45) is 0 Å². The summed E-state index contributed by atoms with van der Waals surface area (Å²) in [5.74, 6) is -0.626. The minimum Gasteiger partial charge on any atom is -0.493 e. The zero-order valence-corrected chi connectivity index (χ0v) is 16.7. The summed E-state index contributed by atoms with van der Waals surface area (Å²) in [5, 5.41) is 2.43. The molecule has 0 heterocycles. The molecule has 154 valence electrons. The Bertz CT molecular complexity index is 865. The summed E-state index contributed by atoms with van der Waals surface area (Å²) >= 11 is 0. The van der Waals surface area contributed by atoms with E-state index in [-0.39, 0.29) is 11.3 Å². The second kappa shape index (κ2) is 10.1. The summed E-state index contributed by atoms with van der Waals surface area (Å²) in [4.78, 5) is 36.2. The number of hydrogen-bond acceptors (Lipinski definition) is 7. The fourth-order valence-electron chi connectivity index (χ4n) is 2.49. The zero-order chi connectivity index (χ0) is 21.4. The number of rotatable bonds is 9. The maximum Gasteiger partial charge on any atom is 0.325 e. The third-order valence-corrected chi connectivity index (χ3v) is 4.06. The highest BCUT2D eigenvalue weighted by Crippen LogP contribution is 2.38. The number of ether oxygens (including phenoxy) is 4. The van der Waals surface area contributed by atoms with Gasteiger partial charge in [-0.3, -0.25) is 14.4 Å². The second-order valence-corrected chi connectivity index (χ2v) is 6.05. The van der Waals surface area contributed by atoms with Gasteiger partial charge in [0.25, 0.3) is 5.91 Å². The van der Waals surface area contributed by atoms with Gasteiger partial charge in [-0.05, 0) is 19.1 Å². The molecule has 29 heavy (non-hydrogen) atoms. The van der Waals surface area contributed by atoms with Crippen LogP contribution >= 0.6 is 0 Å². The molecule has 0 spiro atoms. The molecule has 0 fully saturated rings. The van der Waals surface area contributed by atoms with Gasteiger partial charge >= 0.3 is 5.97 Å². The van der Waals surface area contributed by atoms with Crippen LogP contribution in [0.5, 0.6) is 17.2 Å². The first kappa shape index (κ1) is 21.7. The van der Waals surface area contributed by atoms with E-state index in [4.69, 9.17) is 18.9 Å². The van der Waals surface area contributed by atoms with Crippen LogP contribution in [-0.2, 0) is 9.53 Å². The summed E-state index contributed by atoms with van der Waals surface area (Å²) in [7, 11) is 4.32. The molecule has 1 N–H and O–H groups in total. The van der Waals surface area contributed by atoms with E-state index in [1.165, 1.54) is 33.5 Å². The number of ketones is 1. The van der Waals surface area contributed by atoms with Crippen LogP contribution in [0.1, 0.15) is 26.3 Å². The van der Waals surface area contributed by atoms with Crippen LogP contribution in [-0.4, -0.2) is 52.1 Å². The number of hydrogen-bond donors (Lipinski definition) is 1. The SMILES string of the molecule is COc1cc(C(=O)NCC(=O)OCC(=O)c2ccc(C)cc2)cc(OC)c1OC. The lowest BCUT2D eigenvalue weighted by molar-refractivity contribution is -0.141. The Labute approximate surface area is 168 Å². The van der Waals surface area contributed by atoms with Crippen LogP contribution < -0.4 is 19.5 Å². The van der Waals surface area contributed by atoms with Crippen molar-refractivity contribution in [2.75, 3.05) is 34.5 Å². The van der Waals surface area contributed by atoms with E-state index in [2.05, 4.69) is 5.32 Å². The summed E-state index contributed by atoms with van der Waals surface area (Å²) in [5.41, 5.74) is 1.68. The topological polar surface area (TPSA) is 100 Å². The molecular weight excluding hydrogens is 378 g/mol. The number of benzene rings is 2. The number of nitrogens with one attached hydrogen (secondary N) is 1.